The van der Waals surface area contributed by atoms with E-state index in [0.29, 0.717) is 40.7 Å². The Kier molecular flexibility index (Phi) is 9.35. The molecule has 0 aliphatic carbocycles. The summed E-state index contributed by atoms with van der Waals surface area (Å²) in [6.45, 7) is 6.15. The lowest BCUT2D eigenvalue weighted by Crippen LogP contribution is -2.48. The summed E-state index contributed by atoms with van der Waals surface area (Å²) < 4.78 is 22.2. The number of fused-ring (bicyclic) bond motifs is 1. The van der Waals surface area contributed by atoms with Gasteiger partial charge in [0.05, 0.1) is 17.7 Å². The maximum atomic E-state index is 12.9. The molecule has 0 radical (unpaired) electrons. The smallest absolute Gasteiger partial charge is 0.269 e. The molecule has 0 saturated carbocycles. The van der Waals surface area contributed by atoms with E-state index in [1.807, 2.05) is 20.8 Å². The molecule has 12 heteroatoms. The normalized spacial score (nSPS) is 12.7. The Balaban J connectivity index is 1.36. The molecule has 2 N–H and O–H groups in total. The van der Waals surface area contributed by atoms with E-state index < -0.39 is 22.8 Å². The zero-order valence-electron chi connectivity index (χ0n) is 22.8. The molecule has 3 aromatic rings. The molecule has 1 atom stereocenters. The summed E-state index contributed by atoms with van der Waals surface area (Å²) >= 11 is 0. The fraction of sp³-hybridized carbons (Fsp3) is 0.276. The van der Waals surface area contributed by atoms with Crippen molar-refractivity contribution in [2.75, 3.05) is 13.4 Å². The molecule has 0 saturated heterocycles. The molecule has 4 rings (SSSR count). The Morgan fingerprint density at radius 3 is 2.49 bits per heavy atom. The summed E-state index contributed by atoms with van der Waals surface area (Å²) in [4.78, 5) is 36.0. The predicted octanol–water partition coefficient (Wildman–Crippen LogP) is 4.21. The number of hydrogen-bond donors (Lipinski definition) is 2. The van der Waals surface area contributed by atoms with Gasteiger partial charge in [-0.15, -0.1) is 0 Å². The number of hydrazone groups is 1. The van der Waals surface area contributed by atoms with Crippen LogP contribution in [-0.2, 0) is 11.4 Å². The fourth-order valence-electron chi connectivity index (χ4n) is 3.90. The van der Waals surface area contributed by atoms with E-state index in [4.69, 9.17) is 18.9 Å². The van der Waals surface area contributed by atoms with Gasteiger partial charge in [-0.1, -0.05) is 13.8 Å². The minimum absolute atomic E-state index is 0.00582. The van der Waals surface area contributed by atoms with Gasteiger partial charge in [-0.25, -0.2) is 5.43 Å². The number of hydrogen-bond acceptors (Lipinski definition) is 9. The molecule has 0 spiro atoms. The molecule has 0 aromatic heterocycles. The zero-order chi connectivity index (χ0) is 29.4. The third kappa shape index (κ3) is 7.50. The lowest BCUT2D eigenvalue weighted by molar-refractivity contribution is -0.384. The van der Waals surface area contributed by atoms with Gasteiger partial charge in [0, 0.05) is 17.7 Å². The largest absolute Gasteiger partial charge is 0.490 e. The first kappa shape index (κ1) is 28.9. The van der Waals surface area contributed by atoms with Crippen LogP contribution in [-0.4, -0.2) is 42.4 Å². The molecular weight excluding hydrogens is 532 g/mol. The van der Waals surface area contributed by atoms with Crippen molar-refractivity contribution < 1.29 is 33.5 Å². The summed E-state index contributed by atoms with van der Waals surface area (Å²) in [5.74, 6) is 0.885. The molecule has 1 aliphatic rings. The topological polar surface area (TPSA) is 151 Å². The highest BCUT2D eigenvalue weighted by Gasteiger charge is 2.25. The maximum absolute atomic E-state index is 12.9. The highest BCUT2D eigenvalue weighted by atomic mass is 16.7. The number of amides is 2. The first-order valence-corrected chi connectivity index (χ1v) is 12.9. The highest BCUT2D eigenvalue weighted by Crippen LogP contribution is 2.32. The monoisotopic (exact) mass is 562 g/mol. The van der Waals surface area contributed by atoms with Gasteiger partial charge in [-0.2, -0.15) is 5.10 Å². The van der Waals surface area contributed by atoms with E-state index in [9.17, 15) is 19.7 Å². The SMILES string of the molecule is CCOc1cc(/C=N/NC(=O)C(NC(=O)c2ccc3c(c2)OCO3)C(C)C)ccc1OCc1ccc([N+](=O)[O-])cc1. The van der Waals surface area contributed by atoms with E-state index in [2.05, 4.69) is 15.8 Å². The fourth-order valence-corrected chi connectivity index (χ4v) is 3.90. The van der Waals surface area contributed by atoms with Crippen LogP contribution in [0.4, 0.5) is 5.69 Å². The molecule has 0 fully saturated rings. The molecule has 12 nitrogen and oxygen atoms in total. The Bertz CT molecular complexity index is 1440. The number of rotatable bonds is 12. The Morgan fingerprint density at radius 2 is 1.78 bits per heavy atom. The standard InChI is InChI=1S/C29H30N4O8/c1-4-38-25-13-20(7-11-23(25)39-16-19-5-9-22(10-6-19)33(36)37)15-30-32-29(35)27(18(2)3)31-28(34)21-8-12-24-26(14-21)41-17-40-24/h5-15,18,27H,4,16-17H2,1-3H3,(H,31,34)(H,32,35)/b30-15+. The van der Waals surface area contributed by atoms with E-state index in [1.54, 1.807) is 48.5 Å². The maximum Gasteiger partial charge on any atom is 0.269 e. The van der Waals surface area contributed by atoms with Crippen molar-refractivity contribution >= 4 is 23.7 Å². The third-order valence-electron chi connectivity index (χ3n) is 6.07. The summed E-state index contributed by atoms with van der Waals surface area (Å²) in [5, 5.41) is 17.6. The Labute approximate surface area is 236 Å². The molecule has 0 bridgehead atoms. The first-order valence-electron chi connectivity index (χ1n) is 12.9. The second-order valence-electron chi connectivity index (χ2n) is 9.35. The number of carbonyl (C=O) groups is 2. The number of ether oxygens (including phenoxy) is 4. The van der Waals surface area contributed by atoms with Crippen LogP contribution in [0.2, 0.25) is 0 Å². The van der Waals surface area contributed by atoms with Gasteiger partial charge < -0.3 is 24.3 Å². The van der Waals surface area contributed by atoms with Crippen molar-refractivity contribution in [1.82, 2.24) is 10.7 Å². The van der Waals surface area contributed by atoms with Gasteiger partial charge in [-0.05, 0) is 72.5 Å². The number of benzene rings is 3. The predicted molar refractivity (Wildman–Crippen MR) is 149 cm³/mol. The summed E-state index contributed by atoms with van der Waals surface area (Å²) in [5.41, 5.74) is 4.24. The molecule has 41 heavy (non-hydrogen) atoms. The Hall–Kier alpha value is -5.13. The second-order valence-corrected chi connectivity index (χ2v) is 9.35. The van der Waals surface area contributed by atoms with Crippen LogP contribution in [0, 0.1) is 16.0 Å². The molecule has 214 valence electrons. The van der Waals surface area contributed by atoms with E-state index >= 15 is 0 Å². The minimum Gasteiger partial charge on any atom is -0.490 e. The van der Waals surface area contributed by atoms with Crippen LogP contribution in [0.15, 0.2) is 65.8 Å². The van der Waals surface area contributed by atoms with E-state index in [1.165, 1.54) is 18.3 Å². The number of carbonyl (C=O) groups excluding carboxylic acids is 2. The molecule has 3 aromatic carbocycles. The van der Waals surface area contributed by atoms with Crippen molar-refractivity contribution in [3.05, 3.63) is 87.5 Å². The summed E-state index contributed by atoms with van der Waals surface area (Å²) in [6.07, 6.45) is 1.46. The zero-order valence-corrected chi connectivity index (χ0v) is 22.8. The number of nitro groups is 1. The molecule has 2 amide bonds. The van der Waals surface area contributed by atoms with Crippen LogP contribution in [0.1, 0.15) is 42.3 Å². The van der Waals surface area contributed by atoms with Gasteiger partial charge in [0.1, 0.15) is 12.6 Å². The second kappa shape index (κ2) is 13.3. The lowest BCUT2D eigenvalue weighted by Gasteiger charge is -2.20. The van der Waals surface area contributed by atoms with Gasteiger partial charge in [0.2, 0.25) is 6.79 Å². The van der Waals surface area contributed by atoms with Crippen LogP contribution in [0.5, 0.6) is 23.0 Å². The van der Waals surface area contributed by atoms with Gasteiger partial charge in [0.25, 0.3) is 17.5 Å². The van der Waals surface area contributed by atoms with Gasteiger partial charge >= 0.3 is 0 Å². The summed E-state index contributed by atoms with van der Waals surface area (Å²) in [7, 11) is 0. The number of nitrogens with zero attached hydrogens (tertiary/aromatic N) is 2. The average molecular weight is 563 g/mol. The van der Waals surface area contributed by atoms with E-state index in [0.717, 1.165) is 5.56 Å². The third-order valence-corrected chi connectivity index (χ3v) is 6.07. The number of nitrogens with one attached hydrogen (secondary N) is 2. The van der Waals surface area contributed by atoms with Crippen LogP contribution >= 0.6 is 0 Å². The summed E-state index contributed by atoms with van der Waals surface area (Å²) in [6, 6.07) is 15.2. The quantitative estimate of drug-likeness (QED) is 0.189. The molecule has 1 aliphatic heterocycles. The lowest BCUT2D eigenvalue weighted by atomic mass is 10.0. The van der Waals surface area contributed by atoms with Crippen LogP contribution in [0.25, 0.3) is 0 Å². The first-order chi connectivity index (χ1) is 19.7. The molecular formula is C29H30N4O8. The van der Waals surface area contributed by atoms with Crippen molar-refractivity contribution in [2.45, 2.75) is 33.4 Å². The molecule has 1 unspecified atom stereocenters. The minimum atomic E-state index is -0.834. The number of non-ortho nitro benzene ring substituents is 1. The Morgan fingerprint density at radius 1 is 1.02 bits per heavy atom. The van der Waals surface area contributed by atoms with Crippen LogP contribution in [0.3, 0.4) is 0 Å². The van der Waals surface area contributed by atoms with E-state index in [-0.39, 0.29) is 25.0 Å². The van der Waals surface area contributed by atoms with Crippen molar-refractivity contribution in [1.29, 1.82) is 0 Å². The van der Waals surface area contributed by atoms with Gasteiger partial charge in [0.15, 0.2) is 23.0 Å². The number of nitro benzene ring substituents is 1. The van der Waals surface area contributed by atoms with Crippen molar-refractivity contribution in [3.8, 4) is 23.0 Å². The molecule has 1 heterocycles. The van der Waals surface area contributed by atoms with Crippen molar-refractivity contribution in [3.63, 3.8) is 0 Å². The highest BCUT2D eigenvalue weighted by molar-refractivity contribution is 5.98. The average Bonchev–Trinajstić information content (AvgIpc) is 3.43. The van der Waals surface area contributed by atoms with Crippen LogP contribution < -0.4 is 29.7 Å². The van der Waals surface area contributed by atoms with Gasteiger partial charge in [-0.3, -0.25) is 19.7 Å². The van der Waals surface area contributed by atoms with Crippen molar-refractivity contribution in [2.24, 2.45) is 11.0 Å².